The van der Waals surface area contributed by atoms with Crippen molar-refractivity contribution in [2.75, 3.05) is 19.8 Å². The van der Waals surface area contributed by atoms with Crippen LogP contribution < -0.4 is 5.32 Å². The molecule has 3 heterocycles. The molecular weight excluding hydrogens is 397 g/mol. The van der Waals surface area contributed by atoms with Crippen LogP contribution in [0.5, 0.6) is 0 Å². The first kappa shape index (κ1) is 21.4. The van der Waals surface area contributed by atoms with E-state index in [1.165, 1.54) is 13.0 Å². The highest BCUT2D eigenvalue weighted by molar-refractivity contribution is 5.89. The lowest BCUT2D eigenvalue weighted by Gasteiger charge is -2.40. The summed E-state index contributed by atoms with van der Waals surface area (Å²) in [6, 6.07) is 10.3. The highest BCUT2D eigenvalue weighted by Gasteiger charge is 2.48. The van der Waals surface area contributed by atoms with Gasteiger partial charge in [0.25, 0.3) is 0 Å². The highest BCUT2D eigenvalue weighted by atomic mass is 19.1. The summed E-state index contributed by atoms with van der Waals surface area (Å²) in [5.41, 5.74) is 1.29. The van der Waals surface area contributed by atoms with Gasteiger partial charge in [0, 0.05) is 45.0 Å². The van der Waals surface area contributed by atoms with Crippen LogP contribution in [0.25, 0.3) is 0 Å². The van der Waals surface area contributed by atoms with Crippen molar-refractivity contribution in [1.29, 1.82) is 0 Å². The minimum absolute atomic E-state index is 0.0347. The zero-order valence-corrected chi connectivity index (χ0v) is 17.8. The molecule has 0 aliphatic carbocycles. The zero-order chi connectivity index (χ0) is 21.8. The van der Waals surface area contributed by atoms with Gasteiger partial charge in [-0.25, -0.2) is 4.39 Å². The maximum absolute atomic E-state index is 14.8. The van der Waals surface area contributed by atoms with Gasteiger partial charge >= 0.3 is 0 Å². The largest absolute Gasteiger partial charge is 0.381 e. The lowest BCUT2D eigenvalue weighted by molar-refractivity contribution is -0.142. The molecule has 2 fully saturated rings. The maximum atomic E-state index is 14.8. The Morgan fingerprint density at radius 3 is 2.68 bits per heavy atom. The van der Waals surface area contributed by atoms with Gasteiger partial charge in [-0.15, -0.1) is 0 Å². The fraction of sp³-hybridized carbons (Fsp3) is 0.458. The minimum Gasteiger partial charge on any atom is -0.381 e. The number of pyridine rings is 1. The molecule has 2 aliphatic rings. The van der Waals surface area contributed by atoms with E-state index in [2.05, 4.69) is 10.3 Å². The lowest BCUT2D eigenvalue weighted by Crippen LogP contribution is -2.50. The Morgan fingerprint density at radius 2 is 2.00 bits per heavy atom. The Morgan fingerprint density at radius 1 is 1.23 bits per heavy atom. The zero-order valence-electron chi connectivity index (χ0n) is 17.8. The average Bonchev–Trinajstić information content (AvgIpc) is 3.28. The number of amides is 2. The number of rotatable bonds is 5. The fourth-order valence-corrected chi connectivity index (χ4v) is 4.72. The number of benzene rings is 1. The summed E-state index contributed by atoms with van der Waals surface area (Å²) < 4.78 is 20.3. The average molecular weight is 426 g/mol. The van der Waals surface area contributed by atoms with Gasteiger partial charge < -0.3 is 15.0 Å². The molecule has 2 amide bonds. The number of halogens is 1. The molecule has 7 heteroatoms. The van der Waals surface area contributed by atoms with Crippen LogP contribution >= 0.6 is 0 Å². The molecule has 2 aromatic rings. The fourth-order valence-electron chi connectivity index (χ4n) is 4.72. The molecule has 0 radical (unpaired) electrons. The molecule has 2 saturated heterocycles. The summed E-state index contributed by atoms with van der Waals surface area (Å²) in [4.78, 5) is 31.5. The van der Waals surface area contributed by atoms with E-state index in [1.807, 2.05) is 17.0 Å². The van der Waals surface area contributed by atoms with Crippen molar-refractivity contribution in [2.45, 2.75) is 50.6 Å². The number of carbonyl (C=O) groups excluding carboxylic acids is 2. The van der Waals surface area contributed by atoms with E-state index < -0.39 is 5.41 Å². The van der Waals surface area contributed by atoms with Crippen molar-refractivity contribution in [2.24, 2.45) is 0 Å². The number of ether oxygens (including phenoxy) is 1. The third kappa shape index (κ3) is 4.32. The number of nitrogens with one attached hydrogen (secondary N) is 1. The van der Waals surface area contributed by atoms with Crippen LogP contribution in [-0.2, 0) is 26.3 Å². The SMILES string of the molecule is CC(=O)NCc1ccc([C@H]2CCCN2C(=O)C2(c3ccccc3F)CCOCC2)nc1. The summed E-state index contributed by atoms with van der Waals surface area (Å²) >= 11 is 0. The van der Waals surface area contributed by atoms with Crippen molar-refractivity contribution in [3.05, 3.63) is 65.2 Å². The van der Waals surface area contributed by atoms with Gasteiger partial charge in [0.05, 0.1) is 17.2 Å². The molecule has 0 unspecified atom stereocenters. The predicted molar refractivity (Wildman–Crippen MR) is 114 cm³/mol. The summed E-state index contributed by atoms with van der Waals surface area (Å²) in [7, 11) is 0. The first-order valence-electron chi connectivity index (χ1n) is 10.8. The van der Waals surface area contributed by atoms with Gasteiger partial charge in [0.2, 0.25) is 11.8 Å². The number of carbonyl (C=O) groups is 2. The minimum atomic E-state index is -0.905. The molecule has 0 saturated carbocycles. The van der Waals surface area contributed by atoms with E-state index in [1.54, 1.807) is 24.4 Å². The van der Waals surface area contributed by atoms with Crippen LogP contribution in [0.1, 0.15) is 55.5 Å². The van der Waals surface area contributed by atoms with Crippen molar-refractivity contribution in [3.63, 3.8) is 0 Å². The van der Waals surface area contributed by atoms with E-state index in [-0.39, 0.29) is 23.7 Å². The summed E-state index contributed by atoms with van der Waals surface area (Å²) in [6.07, 6.45) is 4.40. The predicted octanol–water partition coefficient (Wildman–Crippen LogP) is 3.27. The molecule has 0 spiro atoms. The van der Waals surface area contributed by atoms with Crippen LogP contribution in [0, 0.1) is 5.82 Å². The summed E-state index contributed by atoms with van der Waals surface area (Å²) in [6.45, 7) is 3.41. The van der Waals surface area contributed by atoms with E-state index in [4.69, 9.17) is 4.74 Å². The smallest absolute Gasteiger partial charge is 0.234 e. The van der Waals surface area contributed by atoms with Gasteiger partial charge in [0.15, 0.2) is 0 Å². The first-order chi connectivity index (χ1) is 15.0. The van der Waals surface area contributed by atoms with Gasteiger partial charge in [-0.1, -0.05) is 24.3 Å². The molecule has 1 atom stereocenters. The molecule has 1 N–H and O–H groups in total. The van der Waals surface area contributed by atoms with E-state index in [0.717, 1.165) is 24.1 Å². The second-order valence-corrected chi connectivity index (χ2v) is 8.33. The second kappa shape index (κ2) is 9.14. The standard InChI is InChI=1S/C24H28FN3O3/c1-17(29)26-15-18-8-9-21(27-16-18)22-7-4-12-28(22)23(30)24(10-13-31-14-11-24)19-5-2-3-6-20(19)25/h2-3,5-6,8-9,16,22H,4,7,10-15H2,1H3,(H,26,29)/t22-/m1/s1. The van der Waals surface area contributed by atoms with E-state index in [0.29, 0.717) is 44.7 Å². The molecule has 4 rings (SSSR count). The molecule has 1 aromatic carbocycles. The maximum Gasteiger partial charge on any atom is 0.234 e. The molecule has 0 bridgehead atoms. The number of nitrogens with zero attached hydrogens (tertiary/aromatic N) is 2. The molecule has 31 heavy (non-hydrogen) atoms. The summed E-state index contributed by atoms with van der Waals surface area (Å²) in [5.74, 6) is -0.465. The van der Waals surface area contributed by atoms with Crippen LogP contribution in [0.15, 0.2) is 42.6 Å². The lowest BCUT2D eigenvalue weighted by atomic mass is 9.72. The third-order valence-electron chi connectivity index (χ3n) is 6.39. The normalized spacial score (nSPS) is 20.5. The van der Waals surface area contributed by atoms with Crippen molar-refractivity contribution >= 4 is 11.8 Å². The van der Waals surface area contributed by atoms with Crippen LogP contribution in [0.4, 0.5) is 4.39 Å². The Bertz CT molecular complexity index is 941. The molecule has 1 aromatic heterocycles. The van der Waals surface area contributed by atoms with E-state index >= 15 is 0 Å². The Kier molecular flexibility index (Phi) is 6.32. The number of hydrogen-bond donors (Lipinski definition) is 1. The number of likely N-dealkylation sites (tertiary alicyclic amines) is 1. The van der Waals surface area contributed by atoms with Crippen LogP contribution in [0.2, 0.25) is 0 Å². The first-order valence-corrected chi connectivity index (χ1v) is 10.8. The monoisotopic (exact) mass is 425 g/mol. The number of aromatic nitrogens is 1. The van der Waals surface area contributed by atoms with Gasteiger partial charge in [-0.05, 0) is 43.4 Å². The molecule has 6 nitrogen and oxygen atoms in total. The van der Waals surface area contributed by atoms with Gasteiger partial charge in [-0.3, -0.25) is 14.6 Å². The Hall–Kier alpha value is -2.80. The van der Waals surface area contributed by atoms with Crippen LogP contribution in [-0.4, -0.2) is 41.5 Å². The molecule has 164 valence electrons. The third-order valence-corrected chi connectivity index (χ3v) is 6.39. The number of hydrogen-bond acceptors (Lipinski definition) is 4. The van der Waals surface area contributed by atoms with Crippen molar-refractivity contribution in [1.82, 2.24) is 15.2 Å². The molecular formula is C24H28FN3O3. The quantitative estimate of drug-likeness (QED) is 0.798. The van der Waals surface area contributed by atoms with Crippen molar-refractivity contribution < 1.29 is 18.7 Å². The van der Waals surface area contributed by atoms with Gasteiger partial charge in [-0.2, -0.15) is 0 Å². The Labute approximate surface area is 181 Å². The summed E-state index contributed by atoms with van der Waals surface area (Å²) in [5, 5.41) is 2.76. The highest BCUT2D eigenvalue weighted by Crippen LogP contribution is 2.42. The Balaban J connectivity index is 1.60. The topological polar surface area (TPSA) is 71.5 Å². The van der Waals surface area contributed by atoms with Crippen LogP contribution in [0.3, 0.4) is 0 Å². The van der Waals surface area contributed by atoms with Gasteiger partial charge in [0.1, 0.15) is 5.82 Å². The van der Waals surface area contributed by atoms with E-state index in [9.17, 15) is 14.0 Å². The molecule has 2 aliphatic heterocycles. The second-order valence-electron chi connectivity index (χ2n) is 8.33. The van der Waals surface area contributed by atoms with Crippen molar-refractivity contribution in [3.8, 4) is 0 Å².